The summed E-state index contributed by atoms with van der Waals surface area (Å²) in [5.74, 6) is -0.184. The SMILES string of the molecule is Nc1ccc2c(c1)CN(c1ccc(F)cc1)CC21CC1. The van der Waals surface area contributed by atoms with Crippen LogP contribution in [-0.4, -0.2) is 6.54 Å². The third kappa shape index (κ3) is 1.77. The van der Waals surface area contributed by atoms with Gasteiger partial charge < -0.3 is 10.6 Å². The molecule has 20 heavy (non-hydrogen) atoms. The van der Waals surface area contributed by atoms with E-state index in [4.69, 9.17) is 5.73 Å². The van der Waals surface area contributed by atoms with Crippen LogP contribution in [0.25, 0.3) is 0 Å². The van der Waals surface area contributed by atoms with Gasteiger partial charge >= 0.3 is 0 Å². The summed E-state index contributed by atoms with van der Waals surface area (Å²) in [5.41, 5.74) is 10.9. The Morgan fingerprint density at radius 1 is 1.05 bits per heavy atom. The molecule has 0 bridgehead atoms. The number of nitrogens with two attached hydrogens (primary N) is 1. The van der Waals surface area contributed by atoms with E-state index in [1.165, 1.54) is 36.1 Å². The average Bonchev–Trinajstić information content (AvgIpc) is 3.19. The van der Waals surface area contributed by atoms with Crippen LogP contribution in [0.3, 0.4) is 0 Å². The number of halogens is 1. The smallest absolute Gasteiger partial charge is 0.123 e. The van der Waals surface area contributed by atoms with Crippen molar-refractivity contribution in [2.45, 2.75) is 24.8 Å². The van der Waals surface area contributed by atoms with Crippen LogP contribution in [0.4, 0.5) is 15.8 Å². The Hall–Kier alpha value is -2.03. The van der Waals surface area contributed by atoms with Crippen LogP contribution in [-0.2, 0) is 12.0 Å². The summed E-state index contributed by atoms with van der Waals surface area (Å²) in [4.78, 5) is 2.34. The summed E-state index contributed by atoms with van der Waals surface area (Å²) in [6.07, 6.45) is 2.48. The minimum Gasteiger partial charge on any atom is -0.399 e. The Morgan fingerprint density at radius 2 is 1.80 bits per heavy atom. The van der Waals surface area contributed by atoms with Crippen LogP contribution in [0.1, 0.15) is 24.0 Å². The van der Waals surface area contributed by atoms with Crippen LogP contribution in [0.5, 0.6) is 0 Å². The molecule has 1 heterocycles. The minimum atomic E-state index is -0.184. The summed E-state index contributed by atoms with van der Waals surface area (Å²) in [6.45, 7) is 1.88. The maximum Gasteiger partial charge on any atom is 0.123 e. The molecule has 1 fully saturated rings. The fourth-order valence-electron chi connectivity index (χ4n) is 3.39. The molecule has 1 aliphatic carbocycles. The Morgan fingerprint density at radius 3 is 2.50 bits per heavy atom. The van der Waals surface area contributed by atoms with Gasteiger partial charge in [-0.05, 0) is 60.4 Å². The Bertz CT molecular complexity index is 659. The number of anilines is 2. The van der Waals surface area contributed by atoms with E-state index in [2.05, 4.69) is 17.0 Å². The molecule has 2 nitrogen and oxygen atoms in total. The highest BCUT2D eigenvalue weighted by molar-refractivity contribution is 5.57. The van der Waals surface area contributed by atoms with Crippen molar-refractivity contribution in [3.63, 3.8) is 0 Å². The molecule has 0 radical (unpaired) electrons. The number of hydrogen-bond donors (Lipinski definition) is 1. The van der Waals surface area contributed by atoms with E-state index in [-0.39, 0.29) is 5.82 Å². The van der Waals surface area contributed by atoms with Gasteiger partial charge in [-0.25, -0.2) is 4.39 Å². The third-order valence-corrected chi connectivity index (χ3v) is 4.60. The molecule has 0 amide bonds. The molecule has 2 N–H and O–H groups in total. The lowest BCUT2D eigenvalue weighted by Crippen LogP contribution is -2.37. The molecular weight excluding hydrogens is 251 g/mol. The van der Waals surface area contributed by atoms with E-state index in [1.807, 2.05) is 18.2 Å². The van der Waals surface area contributed by atoms with Gasteiger partial charge in [0.15, 0.2) is 0 Å². The molecule has 1 aliphatic heterocycles. The number of benzene rings is 2. The van der Waals surface area contributed by atoms with Gasteiger partial charge in [0.2, 0.25) is 0 Å². The number of rotatable bonds is 1. The summed E-state index contributed by atoms with van der Waals surface area (Å²) in [5, 5.41) is 0. The van der Waals surface area contributed by atoms with Crippen molar-refractivity contribution in [2.24, 2.45) is 0 Å². The zero-order chi connectivity index (χ0) is 13.7. The van der Waals surface area contributed by atoms with E-state index in [0.29, 0.717) is 5.41 Å². The second-order valence-corrected chi connectivity index (χ2v) is 6.03. The molecule has 2 aliphatic rings. The maximum atomic E-state index is 13.1. The van der Waals surface area contributed by atoms with Crippen LogP contribution in [0.2, 0.25) is 0 Å². The first-order chi connectivity index (χ1) is 9.66. The van der Waals surface area contributed by atoms with Gasteiger partial charge in [-0.1, -0.05) is 6.07 Å². The fraction of sp³-hybridized carbons (Fsp3) is 0.294. The van der Waals surface area contributed by atoms with Gasteiger partial charge in [0.05, 0.1) is 0 Å². The normalized spacial score (nSPS) is 18.9. The summed E-state index contributed by atoms with van der Waals surface area (Å²) in [6, 6.07) is 13.1. The average molecular weight is 268 g/mol. The Balaban J connectivity index is 1.74. The molecule has 102 valence electrons. The summed E-state index contributed by atoms with van der Waals surface area (Å²) < 4.78 is 13.1. The molecule has 1 spiro atoms. The van der Waals surface area contributed by atoms with Crippen molar-refractivity contribution in [1.82, 2.24) is 0 Å². The zero-order valence-electron chi connectivity index (χ0n) is 11.3. The second-order valence-electron chi connectivity index (χ2n) is 6.03. The van der Waals surface area contributed by atoms with Crippen molar-refractivity contribution >= 4 is 11.4 Å². The maximum absolute atomic E-state index is 13.1. The van der Waals surface area contributed by atoms with Crippen molar-refractivity contribution in [3.8, 4) is 0 Å². The highest BCUT2D eigenvalue weighted by Crippen LogP contribution is 2.53. The quantitative estimate of drug-likeness (QED) is 0.803. The standard InChI is InChI=1S/C17H17FN2/c18-13-1-4-15(5-2-13)20-10-12-9-14(19)3-6-16(12)17(11-20)7-8-17/h1-6,9H,7-8,10-11,19H2. The highest BCUT2D eigenvalue weighted by atomic mass is 19.1. The van der Waals surface area contributed by atoms with Crippen molar-refractivity contribution in [3.05, 3.63) is 59.4 Å². The predicted molar refractivity (Wildman–Crippen MR) is 79.2 cm³/mol. The van der Waals surface area contributed by atoms with E-state index in [0.717, 1.165) is 24.5 Å². The highest BCUT2D eigenvalue weighted by Gasteiger charge is 2.49. The van der Waals surface area contributed by atoms with Crippen molar-refractivity contribution in [2.75, 3.05) is 17.2 Å². The van der Waals surface area contributed by atoms with Gasteiger partial charge in [0.25, 0.3) is 0 Å². The Kier molecular flexibility index (Phi) is 2.34. The molecule has 3 heteroatoms. The zero-order valence-corrected chi connectivity index (χ0v) is 11.3. The van der Waals surface area contributed by atoms with E-state index in [1.54, 1.807) is 0 Å². The largest absolute Gasteiger partial charge is 0.399 e. The first-order valence-corrected chi connectivity index (χ1v) is 7.06. The van der Waals surface area contributed by atoms with Gasteiger partial charge in [-0.15, -0.1) is 0 Å². The molecule has 1 saturated carbocycles. The molecular formula is C17H17FN2. The van der Waals surface area contributed by atoms with Gasteiger partial charge in [-0.2, -0.15) is 0 Å². The van der Waals surface area contributed by atoms with E-state index in [9.17, 15) is 4.39 Å². The molecule has 0 saturated heterocycles. The van der Waals surface area contributed by atoms with E-state index >= 15 is 0 Å². The van der Waals surface area contributed by atoms with Crippen LogP contribution < -0.4 is 10.6 Å². The monoisotopic (exact) mass is 268 g/mol. The molecule has 0 unspecified atom stereocenters. The first kappa shape index (κ1) is 11.8. The van der Waals surface area contributed by atoms with Crippen molar-refractivity contribution < 1.29 is 4.39 Å². The third-order valence-electron chi connectivity index (χ3n) is 4.60. The van der Waals surface area contributed by atoms with Crippen LogP contribution in [0, 0.1) is 5.82 Å². The number of hydrogen-bond acceptors (Lipinski definition) is 2. The fourth-order valence-corrected chi connectivity index (χ4v) is 3.39. The lowest BCUT2D eigenvalue weighted by molar-refractivity contribution is 0.591. The van der Waals surface area contributed by atoms with Gasteiger partial charge in [-0.3, -0.25) is 0 Å². The Labute approximate surface area is 118 Å². The first-order valence-electron chi connectivity index (χ1n) is 7.06. The summed E-state index contributed by atoms with van der Waals surface area (Å²) >= 11 is 0. The molecule has 0 atom stereocenters. The van der Waals surface area contributed by atoms with E-state index < -0.39 is 0 Å². The number of nitrogens with zero attached hydrogens (tertiary/aromatic N) is 1. The van der Waals surface area contributed by atoms with Crippen LogP contribution >= 0.6 is 0 Å². The molecule has 2 aromatic carbocycles. The lowest BCUT2D eigenvalue weighted by atomic mass is 9.86. The molecule has 0 aromatic heterocycles. The number of nitrogen functional groups attached to an aromatic ring is 1. The predicted octanol–water partition coefficient (Wildman–Crippen LogP) is 3.46. The second kappa shape index (κ2) is 3.98. The topological polar surface area (TPSA) is 29.3 Å². The minimum absolute atomic E-state index is 0.184. The number of fused-ring (bicyclic) bond motifs is 2. The molecule has 4 rings (SSSR count). The van der Waals surface area contributed by atoms with Gasteiger partial charge in [0, 0.05) is 29.9 Å². The summed E-state index contributed by atoms with van der Waals surface area (Å²) in [7, 11) is 0. The van der Waals surface area contributed by atoms with Crippen molar-refractivity contribution in [1.29, 1.82) is 0 Å². The van der Waals surface area contributed by atoms with Crippen LogP contribution in [0.15, 0.2) is 42.5 Å². The lowest BCUT2D eigenvalue weighted by Gasteiger charge is -2.36. The molecule has 2 aromatic rings. The van der Waals surface area contributed by atoms with Gasteiger partial charge in [0.1, 0.15) is 5.82 Å².